The molecule has 0 spiro atoms. The number of nitrogens with zero attached hydrogens (tertiary/aromatic N) is 2. The van der Waals surface area contributed by atoms with E-state index in [1.807, 2.05) is 6.07 Å². The monoisotopic (exact) mass is 464 g/mol. The van der Waals surface area contributed by atoms with E-state index in [4.69, 9.17) is 5.73 Å². The fraction of sp³-hybridized carbons (Fsp3) is 0.391. The molecule has 0 aliphatic carbocycles. The minimum atomic E-state index is -4.62. The number of carbonyl (C=O) groups is 2. The van der Waals surface area contributed by atoms with Crippen LogP contribution in [0, 0.1) is 11.7 Å². The smallest absolute Gasteiger partial charge is 0.353 e. The molecule has 0 aromatic heterocycles. The van der Waals surface area contributed by atoms with Gasteiger partial charge in [0.2, 0.25) is 5.91 Å². The fourth-order valence-electron chi connectivity index (χ4n) is 4.49. The van der Waals surface area contributed by atoms with Crippen LogP contribution in [0.4, 0.5) is 33.7 Å². The lowest BCUT2D eigenvalue weighted by atomic mass is 9.93. The average molecular weight is 464 g/mol. The molecule has 2 aliphatic rings. The van der Waals surface area contributed by atoms with Crippen LogP contribution < -0.4 is 11.1 Å². The number of likely N-dealkylation sites (tertiary alicyclic amines) is 1. The van der Waals surface area contributed by atoms with Crippen LogP contribution in [0.2, 0.25) is 0 Å². The summed E-state index contributed by atoms with van der Waals surface area (Å²) in [6.45, 7) is 1.68. The third kappa shape index (κ3) is 4.89. The Morgan fingerprint density at radius 3 is 2.55 bits per heavy atom. The molecule has 3 amide bonds. The van der Waals surface area contributed by atoms with Crippen LogP contribution in [0.15, 0.2) is 36.4 Å². The number of carbonyl (C=O) groups excluding carboxylic acids is 2. The van der Waals surface area contributed by atoms with Crippen molar-refractivity contribution >= 4 is 23.3 Å². The van der Waals surface area contributed by atoms with Crippen molar-refractivity contribution < 1.29 is 27.2 Å². The van der Waals surface area contributed by atoms with Crippen molar-refractivity contribution in [3.63, 3.8) is 0 Å². The van der Waals surface area contributed by atoms with Crippen molar-refractivity contribution in [1.29, 1.82) is 0 Å². The largest absolute Gasteiger partial charge is 0.416 e. The second-order valence-electron chi connectivity index (χ2n) is 8.39. The molecule has 2 aromatic carbocycles. The maximum absolute atomic E-state index is 14.3. The molecular formula is C23H24F4N4O2. The number of nitrogens with one attached hydrogen (secondary N) is 1. The Labute approximate surface area is 188 Å². The highest BCUT2D eigenvalue weighted by atomic mass is 19.4. The number of rotatable bonds is 3. The fourth-order valence-corrected chi connectivity index (χ4v) is 4.49. The van der Waals surface area contributed by atoms with Gasteiger partial charge in [0, 0.05) is 31.9 Å². The molecule has 0 saturated carbocycles. The molecule has 1 fully saturated rings. The molecule has 3 N–H and O–H groups in total. The number of hydrogen-bond donors (Lipinski definition) is 2. The van der Waals surface area contributed by atoms with Crippen LogP contribution in [-0.4, -0.2) is 41.4 Å². The molecular weight excluding hydrogens is 440 g/mol. The molecule has 1 saturated heterocycles. The Bertz CT molecular complexity index is 1070. The zero-order valence-electron chi connectivity index (χ0n) is 17.8. The Morgan fingerprint density at radius 1 is 1.06 bits per heavy atom. The lowest BCUT2D eigenvalue weighted by molar-refractivity contribution is -0.138. The van der Waals surface area contributed by atoms with Crippen molar-refractivity contribution in [3.8, 4) is 0 Å². The summed E-state index contributed by atoms with van der Waals surface area (Å²) in [5.41, 5.74) is 6.63. The lowest BCUT2D eigenvalue weighted by Crippen LogP contribution is -2.49. The molecule has 33 heavy (non-hydrogen) atoms. The van der Waals surface area contributed by atoms with Crippen LogP contribution in [0.5, 0.6) is 0 Å². The first-order valence-electron chi connectivity index (χ1n) is 10.7. The van der Waals surface area contributed by atoms with Gasteiger partial charge in [-0.15, -0.1) is 0 Å². The van der Waals surface area contributed by atoms with E-state index < -0.39 is 23.6 Å². The van der Waals surface area contributed by atoms with Gasteiger partial charge in [-0.1, -0.05) is 12.1 Å². The number of alkyl halides is 3. The van der Waals surface area contributed by atoms with Gasteiger partial charge in [-0.25, -0.2) is 9.18 Å². The Kier molecular flexibility index (Phi) is 6.18. The third-order valence-electron chi connectivity index (χ3n) is 6.23. The average Bonchev–Trinajstić information content (AvgIpc) is 2.79. The van der Waals surface area contributed by atoms with Gasteiger partial charge in [-0.2, -0.15) is 13.2 Å². The number of primary amides is 1. The molecule has 2 aromatic rings. The second kappa shape index (κ2) is 8.92. The third-order valence-corrected chi connectivity index (χ3v) is 6.23. The van der Waals surface area contributed by atoms with Gasteiger partial charge in [0.15, 0.2) is 0 Å². The number of anilines is 2. The number of fused-ring (bicyclic) bond motifs is 1. The van der Waals surface area contributed by atoms with Gasteiger partial charge in [-0.3, -0.25) is 4.79 Å². The molecule has 4 rings (SSSR count). The summed E-state index contributed by atoms with van der Waals surface area (Å²) in [6, 6.07) is 7.22. The summed E-state index contributed by atoms with van der Waals surface area (Å²) >= 11 is 0. The minimum absolute atomic E-state index is 0.0289. The van der Waals surface area contributed by atoms with E-state index in [-0.39, 0.29) is 17.5 Å². The van der Waals surface area contributed by atoms with Crippen molar-refractivity contribution in [2.75, 3.05) is 25.0 Å². The lowest BCUT2D eigenvalue weighted by Gasteiger charge is -2.36. The van der Waals surface area contributed by atoms with Gasteiger partial charge in [-0.05, 0) is 54.7 Å². The second-order valence-corrected chi connectivity index (χ2v) is 8.39. The maximum Gasteiger partial charge on any atom is 0.416 e. The van der Waals surface area contributed by atoms with E-state index in [1.165, 1.54) is 4.90 Å². The van der Waals surface area contributed by atoms with Crippen LogP contribution in [0.25, 0.3) is 0 Å². The van der Waals surface area contributed by atoms with Crippen molar-refractivity contribution in [2.45, 2.75) is 32.0 Å². The number of nitrogens with two attached hydrogens (primary N) is 1. The SMILES string of the molecule is NC(=O)N1CCCC(C(=O)N2CCc3c(cccc3Nc3ccc(C(F)(F)F)cc3F)C2)C1. The van der Waals surface area contributed by atoms with E-state index in [0.717, 1.165) is 29.7 Å². The first kappa shape index (κ1) is 22.9. The molecule has 0 bridgehead atoms. The predicted octanol–water partition coefficient (Wildman–Crippen LogP) is 4.26. The molecule has 2 aliphatic heterocycles. The van der Waals surface area contributed by atoms with E-state index in [9.17, 15) is 27.2 Å². The number of piperidine rings is 1. The highest BCUT2D eigenvalue weighted by molar-refractivity contribution is 5.81. The molecule has 2 heterocycles. The van der Waals surface area contributed by atoms with E-state index >= 15 is 0 Å². The first-order valence-corrected chi connectivity index (χ1v) is 10.7. The van der Waals surface area contributed by atoms with Crippen LogP contribution in [0.3, 0.4) is 0 Å². The molecule has 0 radical (unpaired) electrons. The topological polar surface area (TPSA) is 78.7 Å². The summed E-state index contributed by atoms with van der Waals surface area (Å²) in [6.07, 6.45) is -2.69. The van der Waals surface area contributed by atoms with Crippen LogP contribution >= 0.6 is 0 Å². The summed E-state index contributed by atoms with van der Waals surface area (Å²) < 4.78 is 52.7. The number of urea groups is 1. The Hall–Kier alpha value is -3.30. The summed E-state index contributed by atoms with van der Waals surface area (Å²) in [5, 5.41) is 2.90. The molecule has 1 atom stereocenters. The van der Waals surface area contributed by atoms with Crippen molar-refractivity contribution in [3.05, 3.63) is 58.9 Å². The zero-order valence-corrected chi connectivity index (χ0v) is 17.8. The van der Waals surface area contributed by atoms with Gasteiger partial charge in [0.1, 0.15) is 5.82 Å². The van der Waals surface area contributed by atoms with E-state index in [0.29, 0.717) is 50.8 Å². The maximum atomic E-state index is 14.3. The molecule has 6 nitrogen and oxygen atoms in total. The molecule has 10 heteroatoms. The normalized spacial score (nSPS) is 18.6. The highest BCUT2D eigenvalue weighted by Gasteiger charge is 2.33. The minimum Gasteiger partial charge on any atom is -0.353 e. The Morgan fingerprint density at radius 2 is 1.85 bits per heavy atom. The number of benzene rings is 2. The summed E-state index contributed by atoms with van der Waals surface area (Å²) in [4.78, 5) is 27.8. The van der Waals surface area contributed by atoms with Gasteiger partial charge in [0.25, 0.3) is 0 Å². The van der Waals surface area contributed by atoms with E-state index in [2.05, 4.69) is 5.32 Å². The zero-order chi connectivity index (χ0) is 23.8. The Balaban J connectivity index is 1.49. The number of amides is 3. The van der Waals surface area contributed by atoms with Gasteiger partial charge < -0.3 is 20.9 Å². The predicted molar refractivity (Wildman–Crippen MR) is 114 cm³/mol. The van der Waals surface area contributed by atoms with Crippen molar-refractivity contribution in [1.82, 2.24) is 9.80 Å². The van der Waals surface area contributed by atoms with Gasteiger partial charge in [0.05, 0.1) is 17.2 Å². The highest BCUT2D eigenvalue weighted by Crippen LogP contribution is 2.34. The van der Waals surface area contributed by atoms with Crippen LogP contribution in [-0.2, 0) is 23.9 Å². The number of hydrogen-bond acceptors (Lipinski definition) is 3. The standard InChI is InChI=1S/C23H24F4N4O2/c24-18-11-16(23(25,26)27)6-7-20(18)29-19-5-1-3-14-12-30(10-8-17(14)19)21(32)15-4-2-9-31(13-15)22(28)33/h1,3,5-7,11,15,29H,2,4,8-10,12-13H2,(H2,28,33). The van der Waals surface area contributed by atoms with Crippen LogP contribution in [0.1, 0.15) is 29.5 Å². The van der Waals surface area contributed by atoms with Gasteiger partial charge >= 0.3 is 12.2 Å². The number of halogens is 4. The summed E-state index contributed by atoms with van der Waals surface area (Å²) in [7, 11) is 0. The molecule has 1 unspecified atom stereocenters. The quantitative estimate of drug-likeness (QED) is 0.667. The summed E-state index contributed by atoms with van der Waals surface area (Å²) in [5.74, 6) is -1.32. The van der Waals surface area contributed by atoms with Crippen molar-refractivity contribution in [2.24, 2.45) is 11.7 Å². The van der Waals surface area contributed by atoms with E-state index in [1.54, 1.807) is 17.0 Å². The molecule has 176 valence electrons. The first-order chi connectivity index (χ1) is 15.6.